The predicted molar refractivity (Wildman–Crippen MR) is 87.0 cm³/mol. The summed E-state index contributed by atoms with van der Waals surface area (Å²) in [5.41, 5.74) is 0.591. The number of fused-ring (bicyclic) bond motifs is 1. The summed E-state index contributed by atoms with van der Waals surface area (Å²) in [4.78, 5) is 27.8. The van der Waals surface area contributed by atoms with Crippen molar-refractivity contribution in [3.05, 3.63) is 50.7 Å². The van der Waals surface area contributed by atoms with Crippen molar-refractivity contribution in [1.29, 1.82) is 0 Å². The van der Waals surface area contributed by atoms with Gasteiger partial charge < -0.3 is 9.67 Å². The highest BCUT2D eigenvalue weighted by atomic mass is 35.5. The van der Waals surface area contributed by atoms with Gasteiger partial charge >= 0.3 is 5.97 Å². The summed E-state index contributed by atoms with van der Waals surface area (Å²) in [7, 11) is 0. The van der Waals surface area contributed by atoms with E-state index < -0.39 is 11.4 Å². The largest absolute Gasteiger partial charge is 0.477 e. The second-order valence-corrected chi connectivity index (χ2v) is 5.95. The molecule has 0 atom stereocenters. The summed E-state index contributed by atoms with van der Waals surface area (Å²) in [6.07, 6.45) is 3.05. The van der Waals surface area contributed by atoms with Crippen LogP contribution in [0.2, 0.25) is 5.02 Å². The standard InChI is InChI=1S/C15H11ClN2O3S/c1-2-18-7-10(15(20)21)13(19)9-5-11(16)8(6-12(9)18)14-17-3-4-22-14/h3-7H,2H2,1H3,(H,20,21). The molecule has 0 aliphatic heterocycles. The molecule has 0 fully saturated rings. The minimum absolute atomic E-state index is 0.257. The average Bonchev–Trinajstić information content (AvgIpc) is 3.01. The smallest absolute Gasteiger partial charge is 0.341 e. The van der Waals surface area contributed by atoms with Crippen LogP contribution in [0.1, 0.15) is 17.3 Å². The van der Waals surface area contributed by atoms with Crippen molar-refractivity contribution < 1.29 is 9.90 Å². The molecule has 0 unspecified atom stereocenters. The van der Waals surface area contributed by atoms with E-state index in [-0.39, 0.29) is 5.56 Å². The number of carbonyl (C=O) groups is 1. The molecule has 7 heteroatoms. The first-order chi connectivity index (χ1) is 10.5. The molecule has 1 aromatic carbocycles. The lowest BCUT2D eigenvalue weighted by Crippen LogP contribution is -2.18. The van der Waals surface area contributed by atoms with Crippen LogP contribution in [0.15, 0.2) is 34.7 Å². The maximum Gasteiger partial charge on any atom is 0.341 e. The van der Waals surface area contributed by atoms with Crippen LogP contribution in [0.5, 0.6) is 0 Å². The van der Waals surface area contributed by atoms with Crippen molar-refractivity contribution in [1.82, 2.24) is 9.55 Å². The van der Waals surface area contributed by atoms with Gasteiger partial charge in [0.1, 0.15) is 10.6 Å². The lowest BCUT2D eigenvalue weighted by atomic mass is 10.1. The summed E-state index contributed by atoms with van der Waals surface area (Å²) in [6.45, 7) is 2.42. The van der Waals surface area contributed by atoms with Crippen LogP contribution in [0.3, 0.4) is 0 Å². The highest BCUT2D eigenvalue weighted by Gasteiger charge is 2.17. The third kappa shape index (κ3) is 2.30. The fraction of sp³-hybridized carbons (Fsp3) is 0.133. The van der Waals surface area contributed by atoms with Gasteiger partial charge in [0, 0.05) is 35.3 Å². The SMILES string of the molecule is CCn1cc(C(=O)O)c(=O)c2cc(Cl)c(-c3nccs3)cc21. The van der Waals surface area contributed by atoms with Gasteiger partial charge in [-0.25, -0.2) is 9.78 Å². The lowest BCUT2D eigenvalue weighted by molar-refractivity contribution is 0.0695. The summed E-state index contributed by atoms with van der Waals surface area (Å²) in [6, 6.07) is 3.31. The van der Waals surface area contributed by atoms with Crippen molar-refractivity contribution in [2.75, 3.05) is 0 Å². The van der Waals surface area contributed by atoms with Gasteiger partial charge in [0.2, 0.25) is 5.43 Å². The van der Waals surface area contributed by atoms with Gasteiger partial charge in [0.15, 0.2) is 0 Å². The number of carboxylic acids is 1. The van der Waals surface area contributed by atoms with E-state index in [9.17, 15) is 9.59 Å². The second kappa shape index (κ2) is 5.55. The molecule has 3 rings (SSSR count). The number of rotatable bonds is 3. The van der Waals surface area contributed by atoms with Gasteiger partial charge in [-0.2, -0.15) is 0 Å². The third-order valence-corrected chi connectivity index (χ3v) is 4.52. The molecule has 22 heavy (non-hydrogen) atoms. The van der Waals surface area contributed by atoms with E-state index in [4.69, 9.17) is 16.7 Å². The Bertz CT molecular complexity index is 932. The molecule has 0 amide bonds. The Hall–Kier alpha value is -2.18. The fourth-order valence-corrected chi connectivity index (χ4v) is 3.32. The van der Waals surface area contributed by atoms with Gasteiger partial charge in [-0.15, -0.1) is 11.3 Å². The molecule has 2 heterocycles. The Labute approximate surface area is 134 Å². The molecule has 112 valence electrons. The fourth-order valence-electron chi connectivity index (χ4n) is 2.34. The summed E-state index contributed by atoms with van der Waals surface area (Å²) >= 11 is 7.71. The maximum atomic E-state index is 12.3. The molecule has 0 bridgehead atoms. The number of aryl methyl sites for hydroxylation is 1. The summed E-state index contributed by atoms with van der Waals surface area (Å²) in [5.74, 6) is -1.24. The molecule has 3 aromatic rings. The number of hydrogen-bond acceptors (Lipinski definition) is 4. The van der Waals surface area contributed by atoms with E-state index >= 15 is 0 Å². The Morgan fingerprint density at radius 1 is 1.45 bits per heavy atom. The molecule has 0 aliphatic carbocycles. The number of nitrogens with zero attached hydrogens (tertiary/aromatic N) is 2. The Morgan fingerprint density at radius 3 is 2.82 bits per heavy atom. The predicted octanol–water partition coefficient (Wildman–Crippen LogP) is 3.50. The minimum atomic E-state index is -1.24. The lowest BCUT2D eigenvalue weighted by Gasteiger charge is -2.12. The number of thiazole rings is 1. The highest BCUT2D eigenvalue weighted by Crippen LogP contribution is 2.32. The number of halogens is 1. The third-order valence-electron chi connectivity index (χ3n) is 3.40. The highest BCUT2D eigenvalue weighted by molar-refractivity contribution is 7.13. The molecule has 1 N–H and O–H groups in total. The van der Waals surface area contributed by atoms with Crippen LogP contribution in [-0.4, -0.2) is 20.6 Å². The zero-order valence-corrected chi connectivity index (χ0v) is 13.1. The van der Waals surface area contributed by atoms with Crippen LogP contribution < -0.4 is 5.43 Å². The van der Waals surface area contributed by atoms with Crippen LogP contribution in [0, 0.1) is 0 Å². The number of pyridine rings is 1. The normalized spacial score (nSPS) is 11.0. The van der Waals surface area contributed by atoms with Crippen LogP contribution in [0.4, 0.5) is 0 Å². The molecular weight excluding hydrogens is 324 g/mol. The van der Waals surface area contributed by atoms with Crippen molar-refractivity contribution in [2.24, 2.45) is 0 Å². The molecule has 2 aromatic heterocycles. The monoisotopic (exact) mass is 334 g/mol. The minimum Gasteiger partial charge on any atom is -0.477 e. The van der Waals surface area contributed by atoms with Crippen LogP contribution in [-0.2, 0) is 6.54 Å². The van der Waals surface area contributed by atoms with E-state index in [0.29, 0.717) is 22.5 Å². The molecule has 0 spiro atoms. The first-order valence-corrected chi connectivity index (χ1v) is 7.78. The van der Waals surface area contributed by atoms with Gasteiger partial charge in [0.05, 0.1) is 10.5 Å². The van der Waals surface area contributed by atoms with E-state index in [1.807, 2.05) is 12.3 Å². The van der Waals surface area contributed by atoms with E-state index in [1.54, 1.807) is 16.8 Å². The summed E-state index contributed by atoms with van der Waals surface area (Å²) < 4.78 is 1.73. The van der Waals surface area contributed by atoms with Crippen LogP contribution >= 0.6 is 22.9 Å². The number of hydrogen-bond donors (Lipinski definition) is 1. The number of aromatic nitrogens is 2. The van der Waals surface area contributed by atoms with Crippen molar-refractivity contribution in [2.45, 2.75) is 13.5 Å². The first kappa shape index (κ1) is 14.7. The first-order valence-electron chi connectivity index (χ1n) is 6.52. The number of benzene rings is 1. The Morgan fingerprint density at radius 2 is 2.23 bits per heavy atom. The molecule has 0 saturated heterocycles. The Kier molecular flexibility index (Phi) is 3.72. The van der Waals surface area contributed by atoms with Crippen molar-refractivity contribution >= 4 is 39.8 Å². The summed E-state index contributed by atoms with van der Waals surface area (Å²) in [5, 5.41) is 12.4. The van der Waals surface area contributed by atoms with Crippen molar-refractivity contribution in [3.63, 3.8) is 0 Å². The molecular formula is C15H11ClN2O3S. The second-order valence-electron chi connectivity index (χ2n) is 4.65. The average molecular weight is 335 g/mol. The van der Waals surface area contributed by atoms with E-state index in [2.05, 4.69) is 4.98 Å². The Balaban J connectivity index is 2.40. The quantitative estimate of drug-likeness (QED) is 0.795. The van der Waals surface area contributed by atoms with Crippen LogP contribution in [0.25, 0.3) is 21.5 Å². The van der Waals surface area contributed by atoms with E-state index in [0.717, 1.165) is 10.6 Å². The zero-order valence-electron chi connectivity index (χ0n) is 11.5. The van der Waals surface area contributed by atoms with Gasteiger partial charge in [-0.3, -0.25) is 4.79 Å². The van der Waals surface area contributed by atoms with Crippen molar-refractivity contribution in [3.8, 4) is 10.6 Å². The molecule has 0 saturated carbocycles. The van der Waals surface area contributed by atoms with E-state index in [1.165, 1.54) is 23.6 Å². The van der Waals surface area contributed by atoms with Gasteiger partial charge in [-0.1, -0.05) is 11.6 Å². The zero-order chi connectivity index (χ0) is 15.9. The molecule has 0 aliphatic rings. The number of carboxylic acid groups (broad SMARTS) is 1. The topological polar surface area (TPSA) is 72.2 Å². The van der Waals surface area contributed by atoms with Gasteiger partial charge in [-0.05, 0) is 19.1 Å². The number of aromatic carboxylic acids is 1. The molecule has 5 nitrogen and oxygen atoms in total. The maximum absolute atomic E-state index is 12.3. The van der Waals surface area contributed by atoms with Gasteiger partial charge in [0.25, 0.3) is 0 Å². The molecule has 0 radical (unpaired) electrons.